The fraction of sp³-hybridized carbons (Fsp3) is 0.611. The van der Waals surface area contributed by atoms with Crippen LogP contribution in [0.3, 0.4) is 0 Å². The van der Waals surface area contributed by atoms with Crippen LogP contribution < -0.4 is 4.74 Å². The molecule has 1 fully saturated rings. The van der Waals surface area contributed by atoms with Gasteiger partial charge >= 0.3 is 11.9 Å². The van der Waals surface area contributed by atoms with E-state index in [2.05, 4.69) is 20.7 Å². The first-order chi connectivity index (χ1) is 11.3. The van der Waals surface area contributed by atoms with Crippen LogP contribution in [-0.2, 0) is 9.53 Å². The van der Waals surface area contributed by atoms with Gasteiger partial charge in [-0.05, 0) is 57.6 Å². The summed E-state index contributed by atoms with van der Waals surface area (Å²) < 4.78 is 39.1. The van der Waals surface area contributed by atoms with Crippen molar-refractivity contribution in [2.45, 2.75) is 58.0 Å². The van der Waals surface area contributed by atoms with Crippen LogP contribution in [0.4, 0.5) is 8.78 Å². The minimum atomic E-state index is -3.39. The first-order valence-corrected chi connectivity index (χ1v) is 9.09. The molecule has 1 aliphatic rings. The summed E-state index contributed by atoms with van der Waals surface area (Å²) >= 11 is 3.47. The van der Waals surface area contributed by atoms with Crippen molar-refractivity contribution in [3.05, 3.63) is 28.2 Å². The van der Waals surface area contributed by atoms with Gasteiger partial charge in [0.05, 0.1) is 12.7 Å². The number of benzene rings is 1. The quantitative estimate of drug-likeness (QED) is 0.604. The average molecular weight is 405 g/mol. The lowest BCUT2D eigenvalue weighted by atomic mass is 9.83. The number of ether oxygens (including phenoxy) is 2. The SMILES string of the molecule is CCOC(=O)C(F)(F)C[C@H]1CC[C@H](Oc2cccc(Br)c2C)CC1. The lowest BCUT2D eigenvalue weighted by molar-refractivity contribution is -0.174. The van der Waals surface area contributed by atoms with E-state index in [0.29, 0.717) is 12.8 Å². The van der Waals surface area contributed by atoms with E-state index in [1.807, 2.05) is 25.1 Å². The van der Waals surface area contributed by atoms with Gasteiger partial charge in [-0.3, -0.25) is 0 Å². The molecule has 134 valence electrons. The van der Waals surface area contributed by atoms with Crippen LogP contribution in [0, 0.1) is 12.8 Å². The minimum absolute atomic E-state index is 0.0268. The van der Waals surface area contributed by atoms with Gasteiger partial charge in [0.25, 0.3) is 0 Å². The summed E-state index contributed by atoms with van der Waals surface area (Å²) in [6.45, 7) is 3.48. The molecular weight excluding hydrogens is 382 g/mol. The van der Waals surface area contributed by atoms with Crippen LogP contribution in [0.5, 0.6) is 5.75 Å². The monoisotopic (exact) mass is 404 g/mol. The number of halogens is 3. The largest absolute Gasteiger partial charge is 0.490 e. The average Bonchev–Trinajstić information content (AvgIpc) is 2.53. The van der Waals surface area contributed by atoms with E-state index < -0.39 is 18.3 Å². The molecule has 0 amide bonds. The van der Waals surface area contributed by atoms with Gasteiger partial charge in [0.2, 0.25) is 0 Å². The van der Waals surface area contributed by atoms with Crippen LogP contribution in [0.15, 0.2) is 22.7 Å². The molecule has 0 aromatic heterocycles. The summed E-state index contributed by atoms with van der Waals surface area (Å²) in [5.74, 6) is -4.15. The van der Waals surface area contributed by atoms with Gasteiger partial charge in [0.1, 0.15) is 5.75 Å². The van der Waals surface area contributed by atoms with Crippen molar-refractivity contribution in [1.29, 1.82) is 0 Å². The van der Waals surface area contributed by atoms with E-state index in [1.165, 1.54) is 6.92 Å². The van der Waals surface area contributed by atoms with Crippen molar-refractivity contribution in [2.24, 2.45) is 5.92 Å². The van der Waals surface area contributed by atoms with E-state index in [-0.39, 0.29) is 18.6 Å². The molecule has 3 nitrogen and oxygen atoms in total. The Bertz CT molecular complexity index is 569. The molecule has 0 N–H and O–H groups in total. The smallest absolute Gasteiger partial charge is 0.376 e. The molecule has 0 unspecified atom stereocenters. The zero-order valence-corrected chi connectivity index (χ0v) is 15.6. The summed E-state index contributed by atoms with van der Waals surface area (Å²) in [5.41, 5.74) is 1.04. The molecule has 1 aromatic rings. The Morgan fingerprint density at radius 1 is 1.29 bits per heavy atom. The molecule has 6 heteroatoms. The van der Waals surface area contributed by atoms with Crippen LogP contribution in [-0.4, -0.2) is 24.6 Å². The Hall–Kier alpha value is -1.17. The number of hydrogen-bond acceptors (Lipinski definition) is 3. The Balaban J connectivity index is 1.85. The second-order valence-corrected chi connectivity index (χ2v) is 7.11. The van der Waals surface area contributed by atoms with E-state index in [9.17, 15) is 13.6 Å². The summed E-state index contributed by atoms with van der Waals surface area (Å²) in [4.78, 5) is 11.3. The summed E-state index contributed by atoms with van der Waals surface area (Å²) in [6, 6.07) is 5.79. The number of rotatable bonds is 6. The number of hydrogen-bond donors (Lipinski definition) is 0. The third-order valence-corrected chi connectivity index (χ3v) is 5.28. The minimum Gasteiger partial charge on any atom is -0.490 e. The number of carbonyl (C=O) groups is 1. The topological polar surface area (TPSA) is 35.5 Å². The predicted molar refractivity (Wildman–Crippen MR) is 91.5 cm³/mol. The molecule has 1 saturated carbocycles. The molecule has 1 aromatic carbocycles. The molecule has 24 heavy (non-hydrogen) atoms. The lowest BCUT2D eigenvalue weighted by Gasteiger charge is -2.31. The molecule has 0 saturated heterocycles. The van der Waals surface area contributed by atoms with Crippen molar-refractivity contribution in [1.82, 2.24) is 0 Å². The fourth-order valence-corrected chi connectivity index (χ4v) is 3.38. The third kappa shape index (κ3) is 4.91. The molecule has 1 aliphatic carbocycles. The maximum atomic E-state index is 13.8. The molecular formula is C18H23BrF2O3. The highest BCUT2D eigenvalue weighted by molar-refractivity contribution is 9.10. The van der Waals surface area contributed by atoms with Crippen molar-refractivity contribution < 1.29 is 23.0 Å². The number of esters is 1. The zero-order chi connectivity index (χ0) is 17.7. The predicted octanol–water partition coefficient (Wildman–Crippen LogP) is 5.28. The second kappa shape index (κ2) is 8.28. The molecule has 0 aliphatic heterocycles. The van der Waals surface area contributed by atoms with Crippen LogP contribution in [0.1, 0.15) is 44.6 Å². The second-order valence-electron chi connectivity index (χ2n) is 6.25. The van der Waals surface area contributed by atoms with E-state index in [0.717, 1.165) is 28.6 Å². The first-order valence-electron chi connectivity index (χ1n) is 8.30. The Morgan fingerprint density at radius 2 is 1.96 bits per heavy atom. The normalized spacial score (nSPS) is 21.4. The van der Waals surface area contributed by atoms with Crippen LogP contribution in [0.25, 0.3) is 0 Å². The van der Waals surface area contributed by atoms with Crippen molar-refractivity contribution in [2.75, 3.05) is 6.61 Å². The summed E-state index contributed by atoms with van der Waals surface area (Å²) in [6.07, 6.45) is 2.30. The van der Waals surface area contributed by atoms with Gasteiger partial charge in [0.15, 0.2) is 0 Å². The van der Waals surface area contributed by atoms with Crippen molar-refractivity contribution in [3.8, 4) is 5.75 Å². The van der Waals surface area contributed by atoms with E-state index >= 15 is 0 Å². The molecule has 0 radical (unpaired) electrons. The Kier molecular flexibility index (Phi) is 6.61. The van der Waals surface area contributed by atoms with Gasteiger partial charge in [-0.1, -0.05) is 22.0 Å². The Morgan fingerprint density at radius 3 is 2.58 bits per heavy atom. The maximum absolute atomic E-state index is 13.8. The maximum Gasteiger partial charge on any atom is 0.376 e. The van der Waals surface area contributed by atoms with Gasteiger partial charge in [0, 0.05) is 16.5 Å². The van der Waals surface area contributed by atoms with E-state index in [4.69, 9.17) is 4.74 Å². The highest BCUT2D eigenvalue weighted by Gasteiger charge is 2.43. The molecule has 2 rings (SSSR count). The molecule has 0 heterocycles. The zero-order valence-electron chi connectivity index (χ0n) is 14.0. The summed E-state index contributed by atoms with van der Waals surface area (Å²) in [5, 5.41) is 0. The van der Waals surface area contributed by atoms with Gasteiger partial charge < -0.3 is 9.47 Å². The van der Waals surface area contributed by atoms with Gasteiger partial charge in [-0.25, -0.2) is 4.79 Å². The number of carbonyl (C=O) groups excluding carboxylic acids is 1. The highest BCUT2D eigenvalue weighted by atomic mass is 79.9. The molecule has 0 bridgehead atoms. The van der Waals surface area contributed by atoms with E-state index in [1.54, 1.807) is 0 Å². The lowest BCUT2D eigenvalue weighted by Crippen LogP contribution is -2.35. The van der Waals surface area contributed by atoms with Gasteiger partial charge in [-0.15, -0.1) is 0 Å². The number of alkyl halides is 2. The fourth-order valence-electron chi connectivity index (χ4n) is 3.03. The van der Waals surface area contributed by atoms with Crippen LogP contribution >= 0.6 is 15.9 Å². The molecule has 0 spiro atoms. The van der Waals surface area contributed by atoms with Crippen molar-refractivity contribution >= 4 is 21.9 Å². The third-order valence-electron chi connectivity index (χ3n) is 4.42. The van der Waals surface area contributed by atoms with Crippen molar-refractivity contribution in [3.63, 3.8) is 0 Å². The van der Waals surface area contributed by atoms with Crippen LogP contribution in [0.2, 0.25) is 0 Å². The first kappa shape index (κ1) is 19.2. The molecule has 0 atom stereocenters. The summed E-state index contributed by atoms with van der Waals surface area (Å²) in [7, 11) is 0. The van der Waals surface area contributed by atoms with Gasteiger partial charge in [-0.2, -0.15) is 8.78 Å². The highest BCUT2D eigenvalue weighted by Crippen LogP contribution is 2.36. The standard InChI is InChI=1S/C18H23BrF2O3/c1-3-23-17(22)18(20,21)11-13-7-9-14(10-8-13)24-16-6-4-5-15(19)12(16)2/h4-6,13-14H,3,7-11H2,1-2H3/t13-,14-. The Labute approximate surface area is 149 Å².